The van der Waals surface area contributed by atoms with E-state index in [1.807, 2.05) is 0 Å². The second-order valence-electron chi connectivity index (χ2n) is 5.74. The molecule has 0 saturated heterocycles. The lowest BCUT2D eigenvalue weighted by atomic mass is 9.72. The molecule has 0 heterocycles. The molecule has 0 aromatic heterocycles. The third-order valence-electron chi connectivity index (χ3n) is 4.73. The van der Waals surface area contributed by atoms with Crippen LogP contribution in [0.5, 0.6) is 0 Å². The van der Waals surface area contributed by atoms with Gasteiger partial charge in [-0.15, -0.1) is 0 Å². The van der Waals surface area contributed by atoms with Gasteiger partial charge in [-0.1, -0.05) is 39.0 Å². The van der Waals surface area contributed by atoms with Crippen molar-refractivity contribution in [2.45, 2.75) is 64.3 Å². The Morgan fingerprint density at radius 2 is 1.86 bits per heavy atom. The van der Waals surface area contributed by atoms with Crippen molar-refractivity contribution >= 4 is 0 Å². The highest BCUT2D eigenvalue weighted by atomic mass is 14.9. The summed E-state index contributed by atoms with van der Waals surface area (Å²) in [6, 6.07) is 0.787. The summed E-state index contributed by atoms with van der Waals surface area (Å²) in [5.74, 6) is 1.05. The molecule has 1 nitrogen and oxygen atoms in total. The van der Waals surface area contributed by atoms with Crippen LogP contribution in [0.2, 0.25) is 0 Å². The Bertz CT molecular complexity index is 178. The topological polar surface area (TPSA) is 12.0 Å². The lowest BCUT2D eigenvalue weighted by Gasteiger charge is -2.38. The average Bonchev–Trinajstić information content (AvgIpc) is 2.51. The molecule has 0 amide bonds. The summed E-state index contributed by atoms with van der Waals surface area (Å²) in [6.45, 7) is 2.50. The molecule has 0 bridgehead atoms. The second-order valence-corrected chi connectivity index (χ2v) is 5.74. The van der Waals surface area contributed by atoms with Gasteiger partial charge in [0, 0.05) is 6.04 Å². The molecule has 1 atom stereocenters. The molecule has 1 unspecified atom stereocenters. The molecule has 0 spiro atoms. The van der Waals surface area contributed by atoms with Gasteiger partial charge in [0.1, 0.15) is 0 Å². The van der Waals surface area contributed by atoms with Gasteiger partial charge in [0.25, 0.3) is 0 Å². The van der Waals surface area contributed by atoms with Crippen LogP contribution in [0.25, 0.3) is 0 Å². The SMILES string of the molecule is CNC(CC1CCC1)C1(C)CCCC1. The van der Waals surface area contributed by atoms with Crippen molar-refractivity contribution in [1.82, 2.24) is 5.32 Å². The molecule has 0 aromatic carbocycles. The van der Waals surface area contributed by atoms with E-state index in [0.29, 0.717) is 5.41 Å². The van der Waals surface area contributed by atoms with Crippen molar-refractivity contribution in [3.8, 4) is 0 Å². The van der Waals surface area contributed by atoms with Crippen molar-refractivity contribution in [3.05, 3.63) is 0 Å². The van der Waals surface area contributed by atoms with Crippen LogP contribution < -0.4 is 5.32 Å². The molecule has 0 aromatic rings. The van der Waals surface area contributed by atoms with Crippen molar-refractivity contribution in [2.75, 3.05) is 7.05 Å². The molecule has 2 rings (SSSR count). The number of hydrogen-bond acceptors (Lipinski definition) is 1. The zero-order valence-electron chi connectivity index (χ0n) is 9.81. The molecule has 2 fully saturated rings. The smallest absolute Gasteiger partial charge is 0.0120 e. The number of rotatable bonds is 4. The first kappa shape index (κ1) is 10.5. The molecular weight excluding hydrogens is 170 g/mol. The van der Waals surface area contributed by atoms with Gasteiger partial charge in [-0.2, -0.15) is 0 Å². The van der Waals surface area contributed by atoms with Gasteiger partial charge in [-0.05, 0) is 37.6 Å². The molecule has 1 heteroatoms. The van der Waals surface area contributed by atoms with Crippen LogP contribution in [0.1, 0.15) is 58.3 Å². The van der Waals surface area contributed by atoms with Crippen molar-refractivity contribution in [1.29, 1.82) is 0 Å². The molecule has 0 radical (unpaired) electrons. The van der Waals surface area contributed by atoms with E-state index in [4.69, 9.17) is 0 Å². The summed E-state index contributed by atoms with van der Waals surface area (Å²) in [7, 11) is 2.16. The minimum absolute atomic E-state index is 0.615. The van der Waals surface area contributed by atoms with Gasteiger partial charge < -0.3 is 5.32 Å². The van der Waals surface area contributed by atoms with E-state index in [-0.39, 0.29) is 0 Å². The summed E-state index contributed by atoms with van der Waals surface area (Å²) in [6.07, 6.45) is 11.7. The quantitative estimate of drug-likeness (QED) is 0.725. The third kappa shape index (κ3) is 1.98. The Labute approximate surface area is 88.7 Å². The van der Waals surface area contributed by atoms with Crippen LogP contribution >= 0.6 is 0 Å². The van der Waals surface area contributed by atoms with Crippen molar-refractivity contribution < 1.29 is 0 Å². The Morgan fingerprint density at radius 1 is 1.21 bits per heavy atom. The van der Waals surface area contributed by atoms with E-state index >= 15 is 0 Å². The Morgan fingerprint density at radius 3 is 2.29 bits per heavy atom. The average molecular weight is 195 g/mol. The fourth-order valence-corrected chi connectivity index (χ4v) is 3.34. The van der Waals surface area contributed by atoms with Gasteiger partial charge in [-0.3, -0.25) is 0 Å². The lowest BCUT2D eigenvalue weighted by molar-refractivity contribution is 0.164. The molecule has 1 N–H and O–H groups in total. The van der Waals surface area contributed by atoms with Crippen LogP contribution in [0.3, 0.4) is 0 Å². The normalized spacial score (nSPS) is 28.7. The van der Waals surface area contributed by atoms with Crippen LogP contribution in [0.15, 0.2) is 0 Å². The first-order valence-corrected chi connectivity index (χ1v) is 6.42. The van der Waals surface area contributed by atoms with Gasteiger partial charge in [-0.25, -0.2) is 0 Å². The van der Waals surface area contributed by atoms with Gasteiger partial charge in [0.2, 0.25) is 0 Å². The number of nitrogens with one attached hydrogen (secondary N) is 1. The Hall–Kier alpha value is -0.0400. The summed E-state index contributed by atoms with van der Waals surface area (Å²) < 4.78 is 0. The van der Waals surface area contributed by atoms with Crippen LogP contribution in [-0.2, 0) is 0 Å². The van der Waals surface area contributed by atoms with E-state index in [0.717, 1.165) is 12.0 Å². The lowest BCUT2D eigenvalue weighted by Crippen LogP contribution is -2.42. The summed E-state index contributed by atoms with van der Waals surface area (Å²) in [5.41, 5.74) is 0.615. The van der Waals surface area contributed by atoms with Crippen molar-refractivity contribution in [3.63, 3.8) is 0 Å². The number of hydrogen-bond donors (Lipinski definition) is 1. The van der Waals surface area contributed by atoms with E-state index < -0.39 is 0 Å². The van der Waals surface area contributed by atoms with E-state index in [2.05, 4.69) is 19.3 Å². The molecule has 0 aliphatic heterocycles. The van der Waals surface area contributed by atoms with Crippen LogP contribution in [0, 0.1) is 11.3 Å². The van der Waals surface area contributed by atoms with Gasteiger partial charge >= 0.3 is 0 Å². The standard InChI is InChI=1S/C13H25N/c1-13(8-3-4-9-13)12(14-2)10-11-6-5-7-11/h11-12,14H,3-10H2,1-2H3. The molecule has 82 valence electrons. The maximum Gasteiger partial charge on any atom is 0.0120 e. The fraction of sp³-hybridized carbons (Fsp3) is 1.00. The zero-order valence-corrected chi connectivity index (χ0v) is 9.81. The first-order chi connectivity index (χ1) is 6.74. The van der Waals surface area contributed by atoms with E-state index in [1.54, 1.807) is 0 Å². The molecule has 2 aliphatic rings. The highest BCUT2D eigenvalue weighted by Gasteiger charge is 2.37. The van der Waals surface area contributed by atoms with Crippen LogP contribution in [0.4, 0.5) is 0 Å². The maximum atomic E-state index is 3.58. The minimum Gasteiger partial charge on any atom is -0.316 e. The molecular formula is C13H25N. The second kappa shape index (κ2) is 4.22. The molecule has 2 saturated carbocycles. The van der Waals surface area contributed by atoms with Crippen LogP contribution in [-0.4, -0.2) is 13.1 Å². The predicted molar refractivity (Wildman–Crippen MR) is 61.4 cm³/mol. The predicted octanol–water partition coefficient (Wildman–Crippen LogP) is 3.34. The maximum absolute atomic E-state index is 3.58. The monoisotopic (exact) mass is 195 g/mol. The molecule has 14 heavy (non-hydrogen) atoms. The largest absolute Gasteiger partial charge is 0.316 e. The van der Waals surface area contributed by atoms with Crippen molar-refractivity contribution in [2.24, 2.45) is 11.3 Å². The summed E-state index contributed by atoms with van der Waals surface area (Å²) in [5, 5.41) is 3.58. The van der Waals surface area contributed by atoms with E-state index in [1.165, 1.54) is 51.4 Å². The van der Waals surface area contributed by atoms with Gasteiger partial charge in [0.05, 0.1) is 0 Å². The third-order valence-corrected chi connectivity index (χ3v) is 4.73. The minimum atomic E-state index is 0.615. The Kier molecular flexibility index (Phi) is 3.16. The highest BCUT2D eigenvalue weighted by molar-refractivity contribution is 4.92. The molecule has 2 aliphatic carbocycles. The zero-order chi connectivity index (χ0) is 10.0. The Balaban J connectivity index is 1.89. The fourth-order valence-electron chi connectivity index (χ4n) is 3.34. The summed E-state index contributed by atoms with van der Waals surface area (Å²) in [4.78, 5) is 0. The van der Waals surface area contributed by atoms with E-state index in [9.17, 15) is 0 Å². The highest BCUT2D eigenvalue weighted by Crippen LogP contribution is 2.44. The van der Waals surface area contributed by atoms with Gasteiger partial charge in [0.15, 0.2) is 0 Å². The first-order valence-electron chi connectivity index (χ1n) is 6.42. The summed E-state index contributed by atoms with van der Waals surface area (Å²) >= 11 is 0.